The first-order valence-corrected chi connectivity index (χ1v) is 10.6. The molecule has 1 aromatic heterocycles. The zero-order valence-electron chi connectivity index (χ0n) is 17.3. The van der Waals surface area contributed by atoms with Gasteiger partial charge >= 0.3 is 0 Å². The number of nitrogens with zero attached hydrogens (tertiary/aromatic N) is 1. The maximum absolute atomic E-state index is 12.4. The first-order chi connectivity index (χ1) is 15.1. The molecule has 0 unspecified atom stereocenters. The Morgan fingerprint density at radius 2 is 1.74 bits per heavy atom. The molecular formula is C24H26N4O3. The number of fused-ring (bicyclic) bond motifs is 1. The highest BCUT2D eigenvalue weighted by molar-refractivity contribution is 6.00. The molecule has 2 heterocycles. The van der Waals surface area contributed by atoms with Gasteiger partial charge in [0.2, 0.25) is 17.7 Å². The predicted octanol–water partition coefficient (Wildman–Crippen LogP) is 2.39. The van der Waals surface area contributed by atoms with Crippen LogP contribution < -0.4 is 15.5 Å². The summed E-state index contributed by atoms with van der Waals surface area (Å²) in [6.45, 7) is 1.08. The van der Waals surface area contributed by atoms with E-state index < -0.39 is 0 Å². The number of para-hydroxylation sites is 2. The van der Waals surface area contributed by atoms with Gasteiger partial charge in [-0.1, -0.05) is 36.4 Å². The zero-order chi connectivity index (χ0) is 21.6. The standard InChI is InChI=1S/C24H26N4O3/c29-22(11-10-17-15-27-21-9-5-4-8-20(17)21)25-12-13-26-24(31)18-14-23(30)28(16-18)19-6-2-1-3-7-19/h1-9,15,18,27H,10-14,16H2,(H,25,29)(H,26,31)/t18-/m1/s1. The van der Waals surface area contributed by atoms with Crippen LogP contribution in [0.1, 0.15) is 18.4 Å². The van der Waals surface area contributed by atoms with Gasteiger partial charge in [-0.25, -0.2) is 0 Å². The van der Waals surface area contributed by atoms with E-state index in [9.17, 15) is 14.4 Å². The number of nitrogens with one attached hydrogen (secondary N) is 3. The van der Waals surface area contributed by atoms with Gasteiger partial charge in [-0.3, -0.25) is 14.4 Å². The molecule has 1 aliphatic rings. The number of anilines is 1. The number of H-pyrrole nitrogens is 1. The number of benzene rings is 2. The second kappa shape index (κ2) is 9.47. The molecule has 3 N–H and O–H groups in total. The molecule has 7 heteroatoms. The number of aromatic amines is 1. The minimum absolute atomic E-state index is 0.0445. The second-order valence-corrected chi connectivity index (χ2v) is 7.74. The Balaban J connectivity index is 1.16. The van der Waals surface area contributed by atoms with Gasteiger partial charge in [0.15, 0.2) is 0 Å². The zero-order valence-corrected chi connectivity index (χ0v) is 17.3. The van der Waals surface area contributed by atoms with Crippen LogP contribution in [0.4, 0.5) is 5.69 Å². The SMILES string of the molecule is O=C(CCc1c[nH]c2ccccc12)NCCNC(=O)[C@@H]1CC(=O)N(c2ccccc2)C1. The number of hydrogen-bond donors (Lipinski definition) is 3. The van der Waals surface area contributed by atoms with Crippen molar-refractivity contribution in [2.75, 3.05) is 24.5 Å². The van der Waals surface area contributed by atoms with Crippen molar-refractivity contribution in [1.82, 2.24) is 15.6 Å². The molecule has 4 rings (SSSR count). The van der Waals surface area contributed by atoms with Crippen LogP contribution in [0.2, 0.25) is 0 Å². The van der Waals surface area contributed by atoms with Crippen molar-refractivity contribution in [2.45, 2.75) is 19.3 Å². The molecule has 3 amide bonds. The summed E-state index contributed by atoms with van der Waals surface area (Å²) >= 11 is 0. The lowest BCUT2D eigenvalue weighted by Crippen LogP contribution is -2.38. The molecule has 31 heavy (non-hydrogen) atoms. The maximum Gasteiger partial charge on any atom is 0.227 e. The molecule has 1 saturated heterocycles. The Morgan fingerprint density at radius 3 is 2.58 bits per heavy atom. The van der Waals surface area contributed by atoms with Crippen molar-refractivity contribution in [3.8, 4) is 0 Å². The van der Waals surface area contributed by atoms with E-state index in [1.807, 2.05) is 60.8 Å². The van der Waals surface area contributed by atoms with E-state index in [2.05, 4.69) is 15.6 Å². The van der Waals surface area contributed by atoms with Crippen LogP contribution in [0.3, 0.4) is 0 Å². The van der Waals surface area contributed by atoms with Crippen LogP contribution in [0.5, 0.6) is 0 Å². The number of amides is 3. The molecule has 0 spiro atoms. The molecule has 3 aromatic rings. The van der Waals surface area contributed by atoms with Gasteiger partial charge in [-0.15, -0.1) is 0 Å². The first-order valence-electron chi connectivity index (χ1n) is 10.6. The molecule has 0 saturated carbocycles. The Hall–Kier alpha value is -3.61. The van der Waals surface area contributed by atoms with Crippen molar-refractivity contribution < 1.29 is 14.4 Å². The Kier molecular flexibility index (Phi) is 6.31. The van der Waals surface area contributed by atoms with Crippen molar-refractivity contribution in [2.24, 2.45) is 5.92 Å². The third-order valence-electron chi connectivity index (χ3n) is 5.61. The van der Waals surface area contributed by atoms with Gasteiger partial charge in [-0.2, -0.15) is 0 Å². The number of aromatic nitrogens is 1. The molecule has 0 aliphatic carbocycles. The smallest absolute Gasteiger partial charge is 0.227 e. The van der Waals surface area contributed by atoms with Crippen molar-refractivity contribution in [3.63, 3.8) is 0 Å². The molecular weight excluding hydrogens is 392 g/mol. The van der Waals surface area contributed by atoms with E-state index in [1.54, 1.807) is 4.90 Å². The van der Waals surface area contributed by atoms with E-state index in [1.165, 1.54) is 0 Å². The van der Waals surface area contributed by atoms with Crippen LogP contribution in [-0.4, -0.2) is 42.3 Å². The lowest BCUT2D eigenvalue weighted by atomic mass is 10.1. The fourth-order valence-electron chi connectivity index (χ4n) is 3.95. The lowest BCUT2D eigenvalue weighted by Gasteiger charge is -2.16. The van der Waals surface area contributed by atoms with E-state index in [4.69, 9.17) is 0 Å². The summed E-state index contributed by atoms with van der Waals surface area (Å²) in [7, 11) is 0. The van der Waals surface area contributed by atoms with Crippen molar-refractivity contribution >= 4 is 34.3 Å². The summed E-state index contributed by atoms with van der Waals surface area (Å²) in [5.74, 6) is -0.618. The number of carbonyl (C=O) groups is 3. The number of aryl methyl sites for hydroxylation is 1. The van der Waals surface area contributed by atoms with Gasteiger partial charge in [0.05, 0.1) is 5.92 Å². The fourth-order valence-corrected chi connectivity index (χ4v) is 3.95. The van der Waals surface area contributed by atoms with Gasteiger partial charge in [0.25, 0.3) is 0 Å². The van der Waals surface area contributed by atoms with Gasteiger partial charge in [0.1, 0.15) is 0 Å². The van der Waals surface area contributed by atoms with Crippen molar-refractivity contribution in [3.05, 3.63) is 66.4 Å². The van der Waals surface area contributed by atoms with Crippen LogP contribution in [0.15, 0.2) is 60.8 Å². The molecule has 1 atom stereocenters. The summed E-state index contributed by atoms with van der Waals surface area (Å²) in [6.07, 6.45) is 3.19. The van der Waals surface area contributed by atoms with E-state index in [-0.39, 0.29) is 30.1 Å². The van der Waals surface area contributed by atoms with Crippen LogP contribution in [0, 0.1) is 5.92 Å². The van der Waals surface area contributed by atoms with Crippen LogP contribution in [0.25, 0.3) is 10.9 Å². The Labute approximate surface area is 180 Å². The summed E-state index contributed by atoms with van der Waals surface area (Å²) in [5, 5.41) is 6.81. The third kappa shape index (κ3) is 4.94. The largest absolute Gasteiger partial charge is 0.361 e. The summed E-state index contributed by atoms with van der Waals surface area (Å²) < 4.78 is 0. The van der Waals surface area contributed by atoms with Crippen LogP contribution in [-0.2, 0) is 20.8 Å². The summed E-state index contributed by atoms with van der Waals surface area (Å²) in [5.41, 5.74) is 3.00. The molecule has 7 nitrogen and oxygen atoms in total. The molecule has 1 aliphatic heterocycles. The highest BCUT2D eigenvalue weighted by Crippen LogP contribution is 2.24. The minimum atomic E-state index is -0.370. The number of hydrogen-bond acceptors (Lipinski definition) is 3. The quantitative estimate of drug-likeness (QED) is 0.490. The normalized spacial score (nSPS) is 15.9. The Bertz CT molecular complexity index is 1080. The number of rotatable bonds is 8. The third-order valence-corrected chi connectivity index (χ3v) is 5.61. The summed E-state index contributed by atoms with van der Waals surface area (Å²) in [4.78, 5) is 41.7. The number of carbonyl (C=O) groups excluding carboxylic acids is 3. The molecule has 2 aromatic carbocycles. The van der Waals surface area contributed by atoms with Gasteiger partial charge in [0, 0.05) is 55.3 Å². The Morgan fingerprint density at radius 1 is 1.00 bits per heavy atom. The second-order valence-electron chi connectivity index (χ2n) is 7.74. The minimum Gasteiger partial charge on any atom is -0.361 e. The van der Waals surface area contributed by atoms with E-state index in [0.29, 0.717) is 32.5 Å². The highest BCUT2D eigenvalue weighted by Gasteiger charge is 2.34. The maximum atomic E-state index is 12.4. The van der Waals surface area contributed by atoms with E-state index in [0.717, 1.165) is 22.2 Å². The molecule has 160 valence electrons. The average molecular weight is 418 g/mol. The molecule has 0 bridgehead atoms. The topological polar surface area (TPSA) is 94.3 Å². The predicted molar refractivity (Wildman–Crippen MR) is 120 cm³/mol. The lowest BCUT2D eigenvalue weighted by molar-refractivity contribution is -0.126. The van der Waals surface area contributed by atoms with Crippen molar-refractivity contribution in [1.29, 1.82) is 0 Å². The average Bonchev–Trinajstić information content (AvgIpc) is 3.39. The van der Waals surface area contributed by atoms with Crippen LogP contribution >= 0.6 is 0 Å². The van der Waals surface area contributed by atoms with E-state index >= 15 is 0 Å². The summed E-state index contributed by atoms with van der Waals surface area (Å²) in [6, 6.07) is 17.4. The fraction of sp³-hybridized carbons (Fsp3) is 0.292. The van der Waals surface area contributed by atoms with Gasteiger partial charge < -0.3 is 20.5 Å². The monoisotopic (exact) mass is 418 g/mol. The molecule has 1 fully saturated rings. The molecule has 0 radical (unpaired) electrons. The first kappa shape index (κ1) is 20.7. The van der Waals surface area contributed by atoms with Gasteiger partial charge in [-0.05, 0) is 30.2 Å². The highest BCUT2D eigenvalue weighted by atomic mass is 16.2.